The van der Waals surface area contributed by atoms with Crippen molar-refractivity contribution in [2.45, 2.75) is 59.4 Å². The molecule has 1 aliphatic heterocycles. The minimum absolute atomic E-state index is 0.133. The number of hydroxylamine groups is 1. The largest absolute Gasteiger partial charge is 0.306 e. The highest BCUT2D eigenvalue weighted by Gasteiger charge is 2.36. The van der Waals surface area contributed by atoms with Gasteiger partial charge in [0, 0.05) is 6.54 Å². The molecule has 0 saturated carbocycles. The molecule has 1 fully saturated rings. The number of rotatable bonds is 11. The quantitative estimate of drug-likeness (QED) is 0.292. The number of nitrogens with zero attached hydrogens (tertiary/aromatic N) is 1. The molecule has 2 rings (SSSR count). The molecule has 0 unspecified atom stereocenters. The summed E-state index contributed by atoms with van der Waals surface area (Å²) in [6, 6.07) is 9.35. The van der Waals surface area contributed by atoms with Crippen LogP contribution in [0, 0.1) is 23.7 Å². The second kappa shape index (κ2) is 13.9. The lowest BCUT2D eigenvalue weighted by atomic mass is 9.82. The third kappa shape index (κ3) is 8.57. The lowest BCUT2D eigenvalue weighted by molar-refractivity contribution is -0.148. The van der Waals surface area contributed by atoms with E-state index in [0.717, 1.165) is 24.9 Å². The first-order valence-electron chi connectivity index (χ1n) is 12.2. The van der Waals surface area contributed by atoms with Gasteiger partial charge in [0.25, 0.3) is 5.91 Å². The number of amides is 3. The minimum Gasteiger partial charge on any atom is -0.306 e. The second-order valence-electron chi connectivity index (χ2n) is 9.84. The number of benzene rings is 1. The van der Waals surface area contributed by atoms with Gasteiger partial charge in [-0.1, -0.05) is 70.2 Å². The van der Waals surface area contributed by atoms with Gasteiger partial charge in [0.1, 0.15) is 0 Å². The van der Waals surface area contributed by atoms with E-state index in [1.165, 1.54) is 5.01 Å². The minimum atomic E-state index is -0.784. The summed E-state index contributed by atoms with van der Waals surface area (Å²) in [4.78, 5) is 39.2. The van der Waals surface area contributed by atoms with Crippen molar-refractivity contribution in [1.29, 1.82) is 0 Å². The molecule has 0 spiro atoms. The van der Waals surface area contributed by atoms with Crippen molar-refractivity contribution in [3.63, 3.8) is 0 Å². The maximum Gasteiger partial charge on any atom is 0.258 e. The van der Waals surface area contributed by atoms with Crippen LogP contribution in [0.1, 0.15) is 58.9 Å². The molecule has 3 atom stereocenters. The maximum atomic E-state index is 13.5. The highest BCUT2D eigenvalue weighted by molar-refractivity contribution is 5.90. The summed E-state index contributed by atoms with van der Waals surface area (Å²) in [7, 11) is 0. The zero-order valence-electron chi connectivity index (χ0n) is 20.8. The van der Waals surface area contributed by atoms with Crippen LogP contribution in [-0.4, -0.2) is 47.1 Å². The topological polar surface area (TPSA) is 111 Å². The van der Waals surface area contributed by atoms with Crippen LogP contribution in [0.2, 0.25) is 0 Å². The first-order chi connectivity index (χ1) is 16.2. The van der Waals surface area contributed by atoms with E-state index in [9.17, 15) is 19.6 Å². The molecule has 4 N–H and O–H groups in total. The van der Waals surface area contributed by atoms with Gasteiger partial charge in [-0.3, -0.25) is 30.0 Å². The predicted octanol–water partition coefficient (Wildman–Crippen LogP) is 3.14. The van der Waals surface area contributed by atoms with E-state index in [4.69, 9.17) is 0 Å². The number of nitrogens with one attached hydrogen (secondary N) is 3. The van der Waals surface area contributed by atoms with E-state index in [-0.39, 0.29) is 36.1 Å². The van der Waals surface area contributed by atoms with Crippen LogP contribution < -0.4 is 16.2 Å². The van der Waals surface area contributed by atoms with E-state index >= 15 is 0 Å². The standard InChI is InChI=1S/C26H40N4O4/c1-18(2)16-22(21(25(32)29-34)13-8-12-20-10-6-5-7-11-20)24(31)28-30(17-19(3)4)26(33)23-14-9-15-27-23/h5-8,10-12,18-19,21-23,27,34H,9,13-17H2,1-4H3,(H,28,31)(H,29,32)/b12-8+/t21-,22+,23+/m0/s1. The zero-order valence-corrected chi connectivity index (χ0v) is 20.8. The van der Waals surface area contributed by atoms with Crippen LogP contribution in [0.5, 0.6) is 0 Å². The van der Waals surface area contributed by atoms with Crippen LogP contribution in [0.15, 0.2) is 36.4 Å². The molecule has 0 bridgehead atoms. The van der Waals surface area contributed by atoms with E-state index in [2.05, 4.69) is 10.7 Å². The van der Waals surface area contributed by atoms with Crippen molar-refractivity contribution in [3.8, 4) is 0 Å². The number of hydrazine groups is 1. The molecule has 0 aromatic heterocycles. The van der Waals surface area contributed by atoms with Crippen molar-refractivity contribution < 1.29 is 19.6 Å². The Bertz CT molecular complexity index is 819. The molecule has 1 heterocycles. The van der Waals surface area contributed by atoms with Crippen LogP contribution in [-0.2, 0) is 14.4 Å². The van der Waals surface area contributed by atoms with Crippen molar-refractivity contribution in [2.75, 3.05) is 13.1 Å². The fourth-order valence-electron chi connectivity index (χ4n) is 4.27. The van der Waals surface area contributed by atoms with Crippen molar-refractivity contribution >= 4 is 23.8 Å². The molecule has 1 aliphatic rings. The van der Waals surface area contributed by atoms with Crippen LogP contribution in [0.4, 0.5) is 0 Å². The summed E-state index contributed by atoms with van der Waals surface area (Å²) in [6.07, 6.45) is 6.10. The molecule has 1 saturated heterocycles. The van der Waals surface area contributed by atoms with E-state index in [1.54, 1.807) is 5.48 Å². The average Bonchev–Trinajstić information content (AvgIpc) is 3.34. The predicted molar refractivity (Wildman–Crippen MR) is 132 cm³/mol. The first kappa shape index (κ1) is 27.5. The monoisotopic (exact) mass is 472 g/mol. The molecular formula is C26H40N4O4. The Morgan fingerprint density at radius 3 is 2.35 bits per heavy atom. The molecule has 188 valence electrons. The molecule has 8 nitrogen and oxygen atoms in total. The summed E-state index contributed by atoms with van der Waals surface area (Å²) in [6.45, 7) is 9.08. The van der Waals surface area contributed by atoms with Gasteiger partial charge in [0.2, 0.25) is 11.8 Å². The van der Waals surface area contributed by atoms with Gasteiger partial charge in [-0.15, -0.1) is 0 Å². The third-order valence-electron chi connectivity index (χ3n) is 5.91. The van der Waals surface area contributed by atoms with Crippen molar-refractivity contribution in [1.82, 2.24) is 21.2 Å². The Kier molecular flexibility index (Phi) is 11.2. The average molecular weight is 473 g/mol. The summed E-state index contributed by atoms with van der Waals surface area (Å²) >= 11 is 0. The lowest BCUT2D eigenvalue weighted by Gasteiger charge is -2.31. The second-order valence-corrected chi connectivity index (χ2v) is 9.84. The molecule has 1 aromatic rings. The summed E-state index contributed by atoms with van der Waals surface area (Å²) in [5.74, 6) is -2.37. The lowest BCUT2D eigenvalue weighted by Crippen LogP contribution is -2.56. The Labute approximate surface area is 203 Å². The van der Waals surface area contributed by atoms with Gasteiger partial charge < -0.3 is 5.32 Å². The summed E-state index contributed by atoms with van der Waals surface area (Å²) in [5.41, 5.74) is 5.53. The molecule has 0 aliphatic carbocycles. The first-order valence-corrected chi connectivity index (χ1v) is 12.2. The van der Waals surface area contributed by atoms with Crippen LogP contribution in [0.25, 0.3) is 6.08 Å². The van der Waals surface area contributed by atoms with E-state index in [1.807, 2.05) is 70.2 Å². The molecule has 0 radical (unpaired) electrons. The SMILES string of the molecule is CC(C)C[C@@H](C(=O)NN(CC(C)C)C(=O)[C@H]1CCCN1)[C@H](C/C=C/c1ccccc1)C(=O)NO. The van der Waals surface area contributed by atoms with Crippen molar-refractivity contribution in [2.24, 2.45) is 23.7 Å². The van der Waals surface area contributed by atoms with Gasteiger partial charge >= 0.3 is 0 Å². The zero-order chi connectivity index (χ0) is 25.1. The van der Waals surface area contributed by atoms with Gasteiger partial charge in [-0.2, -0.15) is 0 Å². The van der Waals surface area contributed by atoms with Crippen LogP contribution >= 0.6 is 0 Å². The Balaban J connectivity index is 2.23. The number of hydrogen-bond acceptors (Lipinski definition) is 5. The third-order valence-corrected chi connectivity index (χ3v) is 5.91. The molecule has 1 aromatic carbocycles. The highest BCUT2D eigenvalue weighted by atomic mass is 16.5. The summed E-state index contributed by atoms with van der Waals surface area (Å²) < 4.78 is 0. The maximum absolute atomic E-state index is 13.5. The Morgan fingerprint density at radius 2 is 1.79 bits per heavy atom. The molecule has 8 heteroatoms. The summed E-state index contributed by atoms with van der Waals surface area (Å²) in [5, 5.41) is 14.0. The van der Waals surface area contributed by atoms with E-state index < -0.39 is 17.7 Å². The van der Waals surface area contributed by atoms with Crippen molar-refractivity contribution in [3.05, 3.63) is 42.0 Å². The Morgan fingerprint density at radius 1 is 1.09 bits per heavy atom. The smallest absolute Gasteiger partial charge is 0.258 e. The fourth-order valence-corrected chi connectivity index (χ4v) is 4.27. The normalized spacial score (nSPS) is 17.7. The molecule has 34 heavy (non-hydrogen) atoms. The fraction of sp³-hybridized carbons (Fsp3) is 0.577. The number of hydrogen-bond donors (Lipinski definition) is 4. The number of allylic oxidation sites excluding steroid dienone is 1. The van der Waals surface area contributed by atoms with Gasteiger partial charge in [-0.05, 0) is 49.6 Å². The number of carbonyl (C=O) groups excluding carboxylic acids is 3. The van der Waals surface area contributed by atoms with Gasteiger partial charge in [-0.25, -0.2) is 5.48 Å². The Hall–Kier alpha value is -2.71. The van der Waals surface area contributed by atoms with Gasteiger partial charge in [0.15, 0.2) is 0 Å². The highest BCUT2D eigenvalue weighted by Crippen LogP contribution is 2.26. The molecule has 3 amide bonds. The van der Waals surface area contributed by atoms with E-state index in [0.29, 0.717) is 13.0 Å². The van der Waals surface area contributed by atoms with Crippen LogP contribution in [0.3, 0.4) is 0 Å². The number of carbonyl (C=O) groups is 3. The van der Waals surface area contributed by atoms with Gasteiger partial charge in [0.05, 0.1) is 17.9 Å². The molecular weight excluding hydrogens is 432 g/mol.